The topological polar surface area (TPSA) is 24.9 Å². The van der Waals surface area contributed by atoms with Gasteiger partial charge in [0, 0.05) is 23.7 Å². The van der Waals surface area contributed by atoms with E-state index in [0.717, 1.165) is 24.3 Å². The van der Waals surface area contributed by atoms with E-state index in [1.807, 2.05) is 24.2 Å². The van der Waals surface area contributed by atoms with Crippen molar-refractivity contribution >= 4 is 11.8 Å². The van der Waals surface area contributed by atoms with Crippen molar-refractivity contribution in [2.75, 3.05) is 12.8 Å². The molecule has 16 heavy (non-hydrogen) atoms. The molecule has 3 heteroatoms. The average Bonchev–Trinajstić information content (AvgIpc) is 2.78. The van der Waals surface area contributed by atoms with E-state index < -0.39 is 0 Å². The number of rotatable bonds is 5. The molecule has 0 saturated heterocycles. The molecule has 0 aromatic carbocycles. The summed E-state index contributed by atoms with van der Waals surface area (Å²) in [5.74, 6) is 0. The minimum absolute atomic E-state index is 0.733. The Kier molecular flexibility index (Phi) is 4.67. The molecule has 0 bridgehead atoms. The molecule has 2 rings (SSSR count). The first kappa shape index (κ1) is 11.9. The van der Waals surface area contributed by atoms with Crippen molar-refractivity contribution in [1.82, 2.24) is 10.3 Å². The van der Waals surface area contributed by atoms with Crippen LogP contribution in [0.15, 0.2) is 24.5 Å². The van der Waals surface area contributed by atoms with Gasteiger partial charge in [-0.25, -0.2) is 0 Å². The van der Waals surface area contributed by atoms with Crippen LogP contribution in [0, 0.1) is 0 Å². The summed E-state index contributed by atoms with van der Waals surface area (Å²) in [5.41, 5.74) is 1.38. The van der Waals surface area contributed by atoms with E-state index in [9.17, 15) is 0 Å². The quantitative estimate of drug-likeness (QED) is 0.850. The highest BCUT2D eigenvalue weighted by Gasteiger charge is 2.25. The van der Waals surface area contributed by atoms with Gasteiger partial charge in [-0.05, 0) is 49.8 Å². The minimum Gasteiger partial charge on any atom is -0.313 e. The van der Waals surface area contributed by atoms with E-state index in [0.29, 0.717) is 0 Å². The van der Waals surface area contributed by atoms with Crippen LogP contribution in [0.3, 0.4) is 0 Å². The summed E-state index contributed by atoms with van der Waals surface area (Å²) in [7, 11) is 0. The van der Waals surface area contributed by atoms with Crippen molar-refractivity contribution in [1.29, 1.82) is 0 Å². The predicted molar refractivity (Wildman–Crippen MR) is 70.9 cm³/mol. The first-order chi connectivity index (χ1) is 7.90. The van der Waals surface area contributed by atoms with E-state index in [1.165, 1.54) is 24.8 Å². The smallest absolute Gasteiger partial charge is 0.0270 e. The summed E-state index contributed by atoms with van der Waals surface area (Å²) in [6, 6.07) is 4.93. The van der Waals surface area contributed by atoms with E-state index >= 15 is 0 Å². The molecule has 1 aliphatic rings. The molecule has 0 aliphatic heterocycles. The Labute approximate surface area is 102 Å². The summed E-state index contributed by atoms with van der Waals surface area (Å²) >= 11 is 2.01. The lowest BCUT2D eigenvalue weighted by Crippen LogP contribution is -2.35. The molecule has 0 amide bonds. The summed E-state index contributed by atoms with van der Waals surface area (Å²) in [6.07, 6.45) is 11.2. The zero-order valence-electron chi connectivity index (χ0n) is 9.86. The van der Waals surface area contributed by atoms with Gasteiger partial charge in [-0.2, -0.15) is 11.8 Å². The zero-order chi connectivity index (χ0) is 11.2. The molecular weight excluding hydrogens is 216 g/mol. The molecular formula is C13H20N2S. The third-order valence-electron chi connectivity index (χ3n) is 3.32. The second-order valence-corrected chi connectivity index (χ2v) is 5.45. The third kappa shape index (κ3) is 3.22. The van der Waals surface area contributed by atoms with Gasteiger partial charge in [0.25, 0.3) is 0 Å². The highest BCUT2D eigenvalue weighted by atomic mass is 32.2. The number of hydrogen-bond donors (Lipinski definition) is 1. The summed E-state index contributed by atoms with van der Waals surface area (Å²) in [5, 5.41) is 4.52. The maximum Gasteiger partial charge on any atom is 0.0270 e. The van der Waals surface area contributed by atoms with E-state index in [1.54, 1.807) is 0 Å². The number of aromatic nitrogens is 1. The SMILES string of the molecule is CSC1CCCC1NCCc1ccncc1. The lowest BCUT2D eigenvalue weighted by Gasteiger charge is -2.19. The zero-order valence-corrected chi connectivity index (χ0v) is 10.7. The molecule has 1 aromatic heterocycles. The molecule has 1 aromatic rings. The standard InChI is InChI=1S/C13H20N2S/c1-16-13-4-2-3-12(13)15-10-7-11-5-8-14-9-6-11/h5-6,8-9,12-13,15H,2-4,7,10H2,1H3. The van der Waals surface area contributed by atoms with Gasteiger partial charge in [0.15, 0.2) is 0 Å². The first-order valence-corrected chi connectivity index (χ1v) is 7.34. The van der Waals surface area contributed by atoms with Crippen LogP contribution in [0.1, 0.15) is 24.8 Å². The third-order valence-corrected chi connectivity index (χ3v) is 4.49. The fourth-order valence-electron chi connectivity index (χ4n) is 2.39. The summed E-state index contributed by atoms with van der Waals surface area (Å²) in [6.45, 7) is 1.09. The monoisotopic (exact) mass is 236 g/mol. The molecule has 2 nitrogen and oxygen atoms in total. The molecule has 88 valence electrons. The van der Waals surface area contributed by atoms with Crippen LogP contribution in [0.5, 0.6) is 0 Å². The molecule has 1 heterocycles. The van der Waals surface area contributed by atoms with Crippen LogP contribution in [-0.2, 0) is 6.42 Å². The van der Waals surface area contributed by atoms with Gasteiger partial charge in [-0.1, -0.05) is 6.42 Å². The Hall–Kier alpha value is -0.540. The number of hydrogen-bond acceptors (Lipinski definition) is 3. The van der Waals surface area contributed by atoms with Gasteiger partial charge in [0.05, 0.1) is 0 Å². The number of nitrogens with one attached hydrogen (secondary N) is 1. The maximum atomic E-state index is 4.03. The molecule has 1 saturated carbocycles. The van der Waals surface area contributed by atoms with Crippen molar-refractivity contribution < 1.29 is 0 Å². The molecule has 0 spiro atoms. The second-order valence-electron chi connectivity index (χ2n) is 4.37. The minimum atomic E-state index is 0.733. The van der Waals surface area contributed by atoms with E-state index in [4.69, 9.17) is 0 Å². The second kappa shape index (κ2) is 6.26. The Morgan fingerprint density at radius 2 is 2.19 bits per heavy atom. The molecule has 0 radical (unpaired) electrons. The van der Waals surface area contributed by atoms with Gasteiger partial charge < -0.3 is 5.32 Å². The number of pyridine rings is 1. The summed E-state index contributed by atoms with van der Waals surface area (Å²) < 4.78 is 0. The lowest BCUT2D eigenvalue weighted by atomic mass is 10.2. The van der Waals surface area contributed by atoms with Crippen molar-refractivity contribution in [3.63, 3.8) is 0 Å². The Morgan fingerprint density at radius 3 is 2.94 bits per heavy atom. The van der Waals surface area contributed by atoms with Crippen molar-refractivity contribution in [2.45, 2.75) is 37.0 Å². The molecule has 1 aliphatic carbocycles. The molecule has 2 atom stereocenters. The Morgan fingerprint density at radius 1 is 1.38 bits per heavy atom. The van der Waals surface area contributed by atoms with Gasteiger partial charge in [-0.3, -0.25) is 4.98 Å². The predicted octanol–water partition coefficient (Wildman–Crippen LogP) is 2.50. The van der Waals surface area contributed by atoms with Gasteiger partial charge >= 0.3 is 0 Å². The number of thioether (sulfide) groups is 1. The molecule has 1 N–H and O–H groups in total. The fourth-order valence-corrected chi connectivity index (χ4v) is 3.36. The molecule has 2 unspecified atom stereocenters. The lowest BCUT2D eigenvalue weighted by molar-refractivity contribution is 0.535. The van der Waals surface area contributed by atoms with Crippen molar-refractivity contribution in [2.24, 2.45) is 0 Å². The average molecular weight is 236 g/mol. The highest BCUT2D eigenvalue weighted by molar-refractivity contribution is 7.99. The fraction of sp³-hybridized carbons (Fsp3) is 0.615. The van der Waals surface area contributed by atoms with E-state index in [2.05, 4.69) is 28.7 Å². The first-order valence-electron chi connectivity index (χ1n) is 6.05. The number of nitrogens with zero attached hydrogens (tertiary/aromatic N) is 1. The summed E-state index contributed by atoms with van der Waals surface area (Å²) in [4.78, 5) is 4.03. The Balaban J connectivity index is 1.72. The van der Waals surface area contributed by atoms with Crippen LogP contribution in [-0.4, -0.2) is 29.1 Å². The van der Waals surface area contributed by atoms with Crippen LogP contribution < -0.4 is 5.32 Å². The van der Waals surface area contributed by atoms with Crippen LogP contribution in [0.2, 0.25) is 0 Å². The Bertz CT molecular complexity index is 302. The normalized spacial score (nSPS) is 24.8. The van der Waals surface area contributed by atoms with Gasteiger partial charge in [0.1, 0.15) is 0 Å². The van der Waals surface area contributed by atoms with E-state index in [-0.39, 0.29) is 0 Å². The van der Waals surface area contributed by atoms with Crippen molar-refractivity contribution in [3.05, 3.63) is 30.1 Å². The van der Waals surface area contributed by atoms with Crippen LogP contribution in [0.25, 0.3) is 0 Å². The van der Waals surface area contributed by atoms with Crippen LogP contribution >= 0.6 is 11.8 Å². The van der Waals surface area contributed by atoms with Crippen molar-refractivity contribution in [3.8, 4) is 0 Å². The largest absolute Gasteiger partial charge is 0.313 e. The van der Waals surface area contributed by atoms with Crippen LogP contribution in [0.4, 0.5) is 0 Å². The molecule has 1 fully saturated rings. The highest BCUT2D eigenvalue weighted by Crippen LogP contribution is 2.28. The van der Waals surface area contributed by atoms with Gasteiger partial charge in [-0.15, -0.1) is 0 Å². The maximum absolute atomic E-state index is 4.03. The van der Waals surface area contributed by atoms with Gasteiger partial charge in [0.2, 0.25) is 0 Å².